The minimum atomic E-state index is -0.758. The molecule has 0 radical (unpaired) electrons. The highest BCUT2D eigenvalue weighted by molar-refractivity contribution is 9.10. The summed E-state index contributed by atoms with van der Waals surface area (Å²) in [5.74, 6) is -0.977. The van der Waals surface area contributed by atoms with Crippen LogP contribution in [0.1, 0.15) is 18.9 Å². The molecule has 0 aliphatic carbocycles. The molecule has 1 atom stereocenters. The molecule has 2 rings (SSSR count). The molecule has 2 aromatic rings. The number of nitro benzene ring substituents is 1. The zero-order valence-corrected chi connectivity index (χ0v) is 16.5. The Morgan fingerprint density at radius 3 is 2.67 bits per heavy atom. The quantitative estimate of drug-likeness (QED) is 0.331. The number of anilines is 1. The number of amides is 1. The van der Waals surface area contributed by atoms with Crippen molar-refractivity contribution >= 4 is 51.0 Å². The zero-order valence-electron chi connectivity index (χ0n) is 14.1. The van der Waals surface area contributed by atoms with Gasteiger partial charge in [0.1, 0.15) is 6.04 Å². The van der Waals surface area contributed by atoms with E-state index in [0.29, 0.717) is 6.42 Å². The SMILES string of the molecule is CCC(Nc1ccc(Br)cc1)C(=O)NN=Cc1cc(Cl)cc([N+](=O)[O-])c1O. The number of nitrogens with zero attached hydrogens (tertiary/aromatic N) is 2. The number of phenols is 1. The van der Waals surface area contributed by atoms with E-state index in [1.54, 1.807) is 0 Å². The van der Waals surface area contributed by atoms with E-state index >= 15 is 0 Å². The molecular weight excluding hydrogens is 440 g/mol. The van der Waals surface area contributed by atoms with Crippen molar-refractivity contribution in [1.82, 2.24) is 5.43 Å². The minimum absolute atomic E-state index is 0.0171. The third kappa shape index (κ3) is 5.66. The molecule has 27 heavy (non-hydrogen) atoms. The number of aromatic hydroxyl groups is 1. The number of hydrazone groups is 1. The van der Waals surface area contributed by atoms with Gasteiger partial charge in [-0.1, -0.05) is 34.5 Å². The number of carbonyl (C=O) groups excluding carboxylic acids is 1. The Balaban J connectivity index is 2.07. The number of nitro groups is 1. The van der Waals surface area contributed by atoms with Crippen LogP contribution in [0.15, 0.2) is 46.0 Å². The highest BCUT2D eigenvalue weighted by Gasteiger charge is 2.18. The standard InChI is InChI=1S/C17H16BrClN4O4/c1-2-14(21-13-5-3-11(18)4-6-13)17(25)22-20-9-10-7-12(19)8-15(16(10)24)23(26)27/h3-9,14,21,24H,2H2,1H3,(H,22,25). The highest BCUT2D eigenvalue weighted by Crippen LogP contribution is 2.32. The monoisotopic (exact) mass is 454 g/mol. The maximum atomic E-state index is 12.3. The summed E-state index contributed by atoms with van der Waals surface area (Å²) < 4.78 is 0.922. The molecule has 0 spiro atoms. The van der Waals surface area contributed by atoms with E-state index in [-0.39, 0.29) is 10.6 Å². The van der Waals surface area contributed by atoms with Crippen molar-refractivity contribution in [3.63, 3.8) is 0 Å². The van der Waals surface area contributed by atoms with Crippen LogP contribution in [0.2, 0.25) is 5.02 Å². The van der Waals surface area contributed by atoms with E-state index in [2.05, 4.69) is 31.8 Å². The Hall–Kier alpha value is -2.65. The maximum absolute atomic E-state index is 12.3. The lowest BCUT2D eigenvalue weighted by Crippen LogP contribution is -2.36. The summed E-state index contributed by atoms with van der Waals surface area (Å²) in [5.41, 5.74) is 2.59. The van der Waals surface area contributed by atoms with Crippen LogP contribution in [0.4, 0.5) is 11.4 Å². The Bertz CT molecular complexity index is 874. The van der Waals surface area contributed by atoms with Gasteiger partial charge in [0.15, 0.2) is 0 Å². The molecule has 2 aromatic carbocycles. The van der Waals surface area contributed by atoms with Crippen molar-refractivity contribution in [3.05, 3.63) is 61.6 Å². The number of carbonyl (C=O) groups is 1. The van der Waals surface area contributed by atoms with Crippen molar-refractivity contribution in [2.45, 2.75) is 19.4 Å². The smallest absolute Gasteiger partial charge is 0.312 e. The van der Waals surface area contributed by atoms with Gasteiger partial charge in [0.2, 0.25) is 5.75 Å². The van der Waals surface area contributed by atoms with E-state index in [1.165, 1.54) is 6.07 Å². The summed E-state index contributed by atoms with van der Waals surface area (Å²) >= 11 is 9.14. The number of hydrogen-bond donors (Lipinski definition) is 3. The van der Waals surface area contributed by atoms with E-state index in [1.807, 2.05) is 31.2 Å². The van der Waals surface area contributed by atoms with Gasteiger partial charge in [-0.15, -0.1) is 0 Å². The molecule has 10 heteroatoms. The third-order valence-corrected chi connectivity index (χ3v) is 4.32. The molecule has 0 bridgehead atoms. The number of benzene rings is 2. The van der Waals surface area contributed by atoms with E-state index in [0.717, 1.165) is 22.4 Å². The van der Waals surface area contributed by atoms with Gasteiger partial charge < -0.3 is 10.4 Å². The molecule has 0 aromatic heterocycles. The Morgan fingerprint density at radius 1 is 1.41 bits per heavy atom. The predicted molar refractivity (Wildman–Crippen MR) is 107 cm³/mol. The molecule has 142 valence electrons. The summed E-state index contributed by atoms with van der Waals surface area (Å²) in [6, 6.07) is 9.14. The first kappa shape index (κ1) is 20.7. The van der Waals surface area contributed by atoms with Crippen LogP contribution < -0.4 is 10.7 Å². The minimum Gasteiger partial charge on any atom is -0.502 e. The summed E-state index contributed by atoms with van der Waals surface area (Å²) in [4.78, 5) is 22.4. The van der Waals surface area contributed by atoms with Gasteiger partial charge in [-0.05, 0) is 36.8 Å². The second kappa shape index (κ2) is 9.33. The van der Waals surface area contributed by atoms with Gasteiger partial charge in [0.05, 0.1) is 11.1 Å². The van der Waals surface area contributed by atoms with Crippen LogP contribution in [0.5, 0.6) is 5.75 Å². The van der Waals surface area contributed by atoms with Crippen LogP contribution in [-0.2, 0) is 4.79 Å². The van der Waals surface area contributed by atoms with Crippen molar-refractivity contribution in [2.75, 3.05) is 5.32 Å². The number of hydrogen-bond acceptors (Lipinski definition) is 6. The summed E-state index contributed by atoms with van der Waals surface area (Å²) in [6.07, 6.45) is 1.60. The second-order valence-electron chi connectivity index (χ2n) is 5.47. The number of nitrogens with one attached hydrogen (secondary N) is 2. The molecule has 0 saturated heterocycles. The van der Waals surface area contributed by atoms with Gasteiger partial charge in [0, 0.05) is 26.8 Å². The van der Waals surface area contributed by atoms with E-state index < -0.39 is 28.3 Å². The molecule has 8 nitrogen and oxygen atoms in total. The van der Waals surface area contributed by atoms with Gasteiger partial charge >= 0.3 is 5.69 Å². The summed E-state index contributed by atoms with van der Waals surface area (Å²) in [5, 5.41) is 27.7. The number of halogens is 2. The Kier molecular flexibility index (Phi) is 7.14. The second-order valence-corrected chi connectivity index (χ2v) is 6.82. The molecule has 0 fully saturated rings. The lowest BCUT2D eigenvalue weighted by Gasteiger charge is -2.16. The third-order valence-electron chi connectivity index (χ3n) is 3.57. The van der Waals surface area contributed by atoms with Crippen molar-refractivity contribution in [2.24, 2.45) is 5.10 Å². The number of rotatable bonds is 7. The first-order valence-corrected chi connectivity index (χ1v) is 9.00. The predicted octanol–water partition coefficient (Wildman–Crippen LogP) is 4.06. The largest absolute Gasteiger partial charge is 0.502 e. The van der Waals surface area contributed by atoms with Crippen LogP contribution in [0.3, 0.4) is 0 Å². The molecule has 1 unspecified atom stereocenters. The fraction of sp³-hybridized carbons (Fsp3) is 0.176. The van der Waals surface area contributed by atoms with Gasteiger partial charge in [0.25, 0.3) is 5.91 Å². The normalized spacial score (nSPS) is 12.0. The van der Waals surface area contributed by atoms with Crippen molar-refractivity contribution in [1.29, 1.82) is 0 Å². The molecule has 0 heterocycles. The fourth-order valence-corrected chi connectivity index (χ4v) is 2.67. The topological polar surface area (TPSA) is 117 Å². The van der Waals surface area contributed by atoms with Crippen LogP contribution >= 0.6 is 27.5 Å². The molecule has 0 saturated carbocycles. The first-order chi connectivity index (χ1) is 12.8. The first-order valence-electron chi connectivity index (χ1n) is 7.83. The lowest BCUT2D eigenvalue weighted by molar-refractivity contribution is -0.385. The average Bonchev–Trinajstić information content (AvgIpc) is 2.63. The number of phenolic OH excluding ortho intramolecular Hbond substituents is 1. The van der Waals surface area contributed by atoms with Crippen LogP contribution in [0.25, 0.3) is 0 Å². The summed E-state index contributed by atoms with van der Waals surface area (Å²) in [7, 11) is 0. The average molecular weight is 456 g/mol. The maximum Gasteiger partial charge on any atom is 0.312 e. The van der Waals surface area contributed by atoms with Crippen LogP contribution in [0, 0.1) is 10.1 Å². The molecular formula is C17H16BrClN4O4. The molecule has 1 amide bonds. The van der Waals surface area contributed by atoms with Gasteiger partial charge in [-0.25, -0.2) is 5.43 Å². The fourth-order valence-electron chi connectivity index (χ4n) is 2.19. The van der Waals surface area contributed by atoms with Crippen molar-refractivity contribution in [3.8, 4) is 5.75 Å². The Labute approximate surface area is 168 Å². The Morgan fingerprint density at radius 2 is 2.07 bits per heavy atom. The van der Waals surface area contributed by atoms with E-state index in [9.17, 15) is 20.0 Å². The van der Waals surface area contributed by atoms with Gasteiger partial charge in [-0.2, -0.15) is 5.10 Å². The highest BCUT2D eigenvalue weighted by atomic mass is 79.9. The summed E-state index contributed by atoms with van der Waals surface area (Å²) in [6.45, 7) is 1.84. The zero-order chi connectivity index (χ0) is 20.0. The molecule has 0 aliphatic rings. The van der Waals surface area contributed by atoms with Gasteiger partial charge in [-0.3, -0.25) is 14.9 Å². The molecule has 3 N–H and O–H groups in total. The lowest BCUT2D eigenvalue weighted by atomic mass is 10.2. The van der Waals surface area contributed by atoms with Crippen molar-refractivity contribution < 1.29 is 14.8 Å². The van der Waals surface area contributed by atoms with Crippen LogP contribution in [-0.4, -0.2) is 28.2 Å². The van der Waals surface area contributed by atoms with E-state index in [4.69, 9.17) is 11.6 Å². The molecule has 0 aliphatic heterocycles.